The number of hydrogen-bond donors (Lipinski definition) is 4. The molecule has 4 rings (SSSR count). The monoisotopic (exact) mass is 405 g/mol. The largest absolute Gasteiger partial charge is 0.465 e. The molecular weight excluding hydrogens is 386 g/mol. The van der Waals surface area contributed by atoms with Gasteiger partial charge in [-0.1, -0.05) is 18.2 Å². The highest BCUT2D eigenvalue weighted by Gasteiger charge is 2.32. The number of carbonyl (C=O) groups is 3. The molecule has 0 bridgehead atoms. The first-order valence-corrected chi connectivity index (χ1v) is 9.24. The van der Waals surface area contributed by atoms with Gasteiger partial charge in [-0.05, 0) is 24.3 Å². The molecule has 3 heterocycles. The zero-order valence-electron chi connectivity index (χ0n) is 16.1. The number of benzene rings is 1. The van der Waals surface area contributed by atoms with Gasteiger partial charge in [0.05, 0.1) is 30.0 Å². The lowest BCUT2D eigenvalue weighted by Gasteiger charge is -2.23. The minimum absolute atomic E-state index is 0.0729. The van der Waals surface area contributed by atoms with Crippen molar-refractivity contribution in [3.63, 3.8) is 0 Å². The van der Waals surface area contributed by atoms with Crippen LogP contribution in [0.15, 0.2) is 48.7 Å². The lowest BCUT2D eigenvalue weighted by atomic mass is 10.0. The van der Waals surface area contributed by atoms with Crippen molar-refractivity contribution in [1.82, 2.24) is 14.9 Å². The number of para-hydroxylation sites is 1. The molecule has 3 aromatic rings. The van der Waals surface area contributed by atoms with E-state index in [0.717, 1.165) is 10.6 Å². The number of anilines is 3. The second-order valence-corrected chi connectivity index (χ2v) is 6.89. The maximum atomic E-state index is 12.8. The van der Waals surface area contributed by atoms with Gasteiger partial charge in [-0.15, -0.1) is 0 Å². The second-order valence-electron chi connectivity index (χ2n) is 6.89. The van der Waals surface area contributed by atoms with Crippen molar-refractivity contribution in [2.75, 3.05) is 17.2 Å². The molecule has 0 atom stereocenters. The molecule has 1 aliphatic heterocycles. The van der Waals surface area contributed by atoms with E-state index in [1.54, 1.807) is 18.3 Å². The van der Waals surface area contributed by atoms with E-state index in [1.807, 2.05) is 30.3 Å². The molecule has 9 heteroatoms. The molecule has 1 aromatic carbocycles. The van der Waals surface area contributed by atoms with Crippen LogP contribution in [0, 0.1) is 0 Å². The van der Waals surface area contributed by atoms with Gasteiger partial charge in [-0.2, -0.15) is 0 Å². The van der Waals surface area contributed by atoms with E-state index in [0.29, 0.717) is 34.0 Å². The van der Waals surface area contributed by atoms with Crippen molar-refractivity contribution in [2.24, 2.45) is 0 Å². The summed E-state index contributed by atoms with van der Waals surface area (Å²) in [6.07, 6.45) is 0.401. The Morgan fingerprint density at radius 1 is 1.17 bits per heavy atom. The molecule has 0 saturated carbocycles. The van der Waals surface area contributed by atoms with Crippen molar-refractivity contribution in [3.05, 3.63) is 59.9 Å². The quantitative estimate of drug-likeness (QED) is 0.526. The van der Waals surface area contributed by atoms with Crippen molar-refractivity contribution < 1.29 is 19.5 Å². The number of amides is 2. The van der Waals surface area contributed by atoms with Crippen molar-refractivity contribution in [1.29, 1.82) is 0 Å². The van der Waals surface area contributed by atoms with E-state index < -0.39 is 6.09 Å². The summed E-state index contributed by atoms with van der Waals surface area (Å²) in [6.45, 7) is 1.25. The Hall–Kier alpha value is -4.14. The molecule has 2 amide bonds. The first kappa shape index (κ1) is 19.2. The number of aromatic nitrogens is 2. The fraction of sp³-hybridized carbons (Fsp3) is 0.143. The molecule has 30 heavy (non-hydrogen) atoms. The number of aromatic amines is 1. The van der Waals surface area contributed by atoms with Gasteiger partial charge in [0.25, 0.3) is 0 Å². The van der Waals surface area contributed by atoms with Gasteiger partial charge in [0.15, 0.2) is 5.78 Å². The summed E-state index contributed by atoms with van der Waals surface area (Å²) < 4.78 is 0. The van der Waals surface area contributed by atoms with Gasteiger partial charge in [0.2, 0.25) is 5.91 Å². The minimum Gasteiger partial charge on any atom is -0.465 e. The van der Waals surface area contributed by atoms with Crippen LogP contribution < -0.4 is 10.6 Å². The van der Waals surface area contributed by atoms with Crippen LogP contribution in [0.25, 0.3) is 11.3 Å². The number of nitrogens with one attached hydrogen (secondary N) is 3. The zero-order valence-corrected chi connectivity index (χ0v) is 16.1. The molecule has 0 aliphatic carbocycles. The Morgan fingerprint density at radius 2 is 1.93 bits per heavy atom. The predicted molar refractivity (Wildman–Crippen MR) is 111 cm³/mol. The van der Waals surface area contributed by atoms with Crippen LogP contribution >= 0.6 is 0 Å². The third-order valence-corrected chi connectivity index (χ3v) is 4.71. The number of H-pyrrole nitrogens is 1. The predicted octanol–water partition coefficient (Wildman–Crippen LogP) is 3.46. The fourth-order valence-corrected chi connectivity index (χ4v) is 3.45. The molecule has 1 aliphatic rings. The van der Waals surface area contributed by atoms with Crippen molar-refractivity contribution >= 4 is 35.0 Å². The van der Waals surface area contributed by atoms with E-state index in [-0.39, 0.29) is 24.8 Å². The van der Waals surface area contributed by atoms with E-state index >= 15 is 0 Å². The first-order valence-electron chi connectivity index (χ1n) is 9.24. The van der Waals surface area contributed by atoms with Gasteiger partial charge < -0.3 is 20.7 Å². The van der Waals surface area contributed by atoms with Crippen LogP contribution in [0.2, 0.25) is 0 Å². The lowest BCUT2D eigenvalue weighted by molar-refractivity contribution is -0.114. The summed E-state index contributed by atoms with van der Waals surface area (Å²) >= 11 is 0. The number of fused-ring (bicyclic) bond motifs is 1. The second kappa shape index (κ2) is 7.70. The Bertz CT molecular complexity index is 1140. The number of hydrogen-bond acceptors (Lipinski definition) is 5. The lowest BCUT2D eigenvalue weighted by Crippen LogP contribution is -2.38. The van der Waals surface area contributed by atoms with Gasteiger partial charge in [-0.25, -0.2) is 9.78 Å². The normalized spacial score (nSPS) is 13.0. The number of Topliss-reactive ketones (excluding diaryl/α,β-unsaturated/α-hetero) is 1. The standard InChI is InChI=1S/C21H19N5O4/c1-12(27)23-17-9-13(7-8-22-17)19-20(24-14-5-3-2-4-6-14)18-15(25-19)10-26(21(29)30)11-16(18)28/h2-9,24-25H,10-11H2,1H3,(H,29,30)(H,22,23,27). The number of carboxylic acid groups (broad SMARTS) is 1. The smallest absolute Gasteiger partial charge is 0.408 e. The minimum atomic E-state index is -1.15. The summed E-state index contributed by atoms with van der Waals surface area (Å²) in [7, 11) is 0. The average Bonchev–Trinajstić information content (AvgIpc) is 3.07. The Labute approximate surface area is 171 Å². The summed E-state index contributed by atoms with van der Waals surface area (Å²) in [4.78, 5) is 44.0. The van der Waals surface area contributed by atoms with Crippen LogP contribution in [0.5, 0.6) is 0 Å². The molecule has 0 spiro atoms. The highest BCUT2D eigenvalue weighted by atomic mass is 16.4. The van der Waals surface area contributed by atoms with Crippen molar-refractivity contribution in [2.45, 2.75) is 13.5 Å². The Morgan fingerprint density at radius 3 is 2.63 bits per heavy atom. The highest BCUT2D eigenvalue weighted by Crippen LogP contribution is 2.38. The van der Waals surface area contributed by atoms with Crippen LogP contribution in [0.3, 0.4) is 0 Å². The molecule has 2 aromatic heterocycles. The summed E-state index contributed by atoms with van der Waals surface area (Å²) in [5.74, 6) is -0.173. The number of ketones is 1. The highest BCUT2D eigenvalue weighted by molar-refractivity contribution is 6.09. The zero-order chi connectivity index (χ0) is 21.3. The molecular formula is C21H19N5O4. The summed E-state index contributed by atoms with van der Waals surface area (Å²) in [5, 5.41) is 15.3. The molecule has 152 valence electrons. The van der Waals surface area contributed by atoms with Gasteiger partial charge in [-0.3, -0.25) is 14.5 Å². The fourth-order valence-electron chi connectivity index (χ4n) is 3.45. The topological polar surface area (TPSA) is 127 Å². The average molecular weight is 405 g/mol. The van der Waals surface area contributed by atoms with Gasteiger partial charge in [0.1, 0.15) is 5.82 Å². The first-order chi connectivity index (χ1) is 14.4. The van der Waals surface area contributed by atoms with Crippen LogP contribution in [-0.4, -0.2) is 44.3 Å². The van der Waals surface area contributed by atoms with E-state index in [4.69, 9.17) is 0 Å². The molecule has 9 nitrogen and oxygen atoms in total. The van der Waals surface area contributed by atoms with Crippen LogP contribution in [0.1, 0.15) is 23.0 Å². The number of pyridine rings is 1. The molecule has 0 unspecified atom stereocenters. The van der Waals surface area contributed by atoms with Crippen LogP contribution in [-0.2, 0) is 11.3 Å². The van der Waals surface area contributed by atoms with E-state index in [2.05, 4.69) is 20.6 Å². The number of carbonyl (C=O) groups excluding carboxylic acids is 2. The van der Waals surface area contributed by atoms with Crippen LogP contribution in [0.4, 0.5) is 22.0 Å². The Kier molecular flexibility index (Phi) is 4.93. The van der Waals surface area contributed by atoms with Gasteiger partial charge >= 0.3 is 6.09 Å². The molecule has 4 N–H and O–H groups in total. The van der Waals surface area contributed by atoms with E-state index in [1.165, 1.54) is 6.92 Å². The summed E-state index contributed by atoms with van der Waals surface area (Å²) in [6, 6.07) is 12.8. The summed E-state index contributed by atoms with van der Waals surface area (Å²) in [5.41, 5.74) is 3.59. The van der Waals surface area contributed by atoms with Gasteiger partial charge in [0, 0.05) is 30.1 Å². The van der Waals surface area contributed by atoms with Crippen molar-refractivity contribution in [3.8, 4) is 11.3 Å². The third kappa shape index (κ3) is 3.72. The molecule has 0 fully saturated rings. The maximum Gasteiger partial charge on any atom is 0.408 e. The number of nitrogens with zero attached hydrogens (tertiary/aromatic N) is 2. The SMILES string of the molecule is CC(=O)Nc1cc(-c2[nH]c3c(c2Nc2ccccc2)C(=O)CN(C(=O)O)C3)ccn1. The Balaban J connectivity index is 1.84. The third-order valence-electron chi connectivity index (χ3n) is 4.71. The molecule has 0 radical (unpaired) electrons. The maximum absolute atomic E-state index is 12.8. The molecule has 0 saturated heterocycles. The van der Waals surface area contributed by atoms with E-state index in [9.17, 15) is 19.5 Å². The number of rotatable bonds is 4.